The van der Waals surface area contributed by atoms with Crippen LogP contribution in [0.2, 0.25) is 0 Å². The molecule has 0 radical (unpaired) electrons. The summed E-state index contributed by atoms with van der Waals surface area (Å²) in [5.74, 6) is -5.41. The van der Waals surface area contributed by atoms with Crippen LogP contribution in [-0.4, -0.2) is 71.2 Å². The van der Waals surface area contributed by atoms with Crippen molar-refractivity contribution < 1.29 is 46.1 Å². The number of nitrogens with zero attached hydrogens (tertiary/aromatic N) is 3. The van der Waals surface area contributed by atoms with Gasteiger partial charge in [-0.1, -0.05) is 12.1 Å². The zero-order valence-electron chi connectivity index (χ0n) is 25.4. The van der Waals surface area contributed by atoms with Crippen molar-refractivity contribution in [1.82, 2.24) is 14.9 Å². The van der Waals surface area contributed by atoms with Crippen LogP contribution < -0.4 is 20.5 Å². The predicted molar refractivity (Wildman–Crippen MR) is 163 cm³/mol. The number of aliphatic carboxylic acids is 1. The Labute approximate surface area is 269 Å². The van der Waals surface area contributed by atoms with Crippen LogP contribution in [-0.2, 0) is 29.4 Å². The molecule has 252 valence electrons. The highest BCUT2D eigenvalue weighted by Gasteiger charge is 2.46. The highest BCUT2D eigenvalue weighted by molar-refractivity contribution is 5.97. The van der Waals surface area contributed by atoms with E-state index in [1.54, 1.807) is 43.7 Å². The average Bonchev–Trinajstić information content (AvgIpc) is 3.05. The number of pyridine rings is 2. The molecule has 10 nitrogen and oxygen atoms in total. The molecule has 2 aromatic carbocycles. The highest BCUT2D eigenvalue weighted by Crippen LogP contribution is 2.38. The van der Waals surface area contributed by atoms with Gasteiger partial charge in [0, 0.05) is 49.0 Å². The van der Waals surface area contributed by atoms with Gasteiger partial charge in [0.1, 0.15) is 35.0 Å². The number of amides is 1. The summed E-state index contributed by atoms with van der Waals surface area (Å²) in [5.41, 5.74) is 0.758. The second-order valence-electron chi connectivity index (χ2n) is 11.6. The largest absolute Gasteiger partial charge is 0.493 e. The first-order chi connectivity index (χ1) is 22.8. The molecular formula is C33H29F5N4O6. The van der Waals surface area contributed by atoms with E-state index in [0.29, 0.717) is 65.1 Å². The third kappa shape index (κ3) is 6.17. The summed E-state index contributed by atoms with van der Waals surface area (Å²) >= 11 is 0. The quantitative estimate of drug-likeness (QED) is 0.277. The van der Waals surface area contributed by atoms with Crippen molar-refractivity contribution in [2.24, 2.45) is 7.05 Å². The zero-order chi connectivity index (χ0) is 34.3. The van der Waals surface area contributed by atoms with Crippen molar-refractivity contribution in [3.63, 3.8) is 0 Å². The van der Waals surface area contributed by atoms with Gasteiger partial charge in [-0.15, -0.1) is 0 Å². The van der Waals surface area contributed by atoms with Crippen molar-refractivity contribution in [3.8, 4) is 16.9 Å². The van der Waals surface area contributed by atoms with Crippen LogP contribution in [0.1, 0.15) is 27.9 Å². The van der Waals surface area contributed by atoms with Crippen LogP contribution in [0, 0.1) is 11.6 Å². The second kappa shape index (κ2) is 12.9. The molecule has 4 aromatic rings. The molecule has 2 aliphatic heterocycles. The molecule has 2 aromatic heterocycles. The Balaban J connectivity index is 1.28. The molecule has 0 unspecified atom stereocenters. The van der Waals surface area contributed by atoms with E-state index < -0.39 is 59.6 Å². The maximum atomic E-state index is 15.2. The number of carbonyl (C=O) groups excluding carboxylic acids is 1. The average molecular weight is 673 g/mol. The minimum absolute atomic E-state index is 0.107. The molecule has 15 heteroatoms. The third-order valence-electron chi connectivity index (χ3n) is 8.61. The number of halogens is 5. The van der Waals surface area contributed by atoms with Gasteiger partial charge in [0.05, 0.1) is 30.9 Å². The van der Waals surface area contributed by atoms with E-state index in [1.165, 1.54) is 4.57 Å². The minimum Gasteiger partial charge on any atom is -0.493 e. The Morgan fingerprint density at radius 1 is 1.10 bits per heavy atom. The number of carboxylic acid groups (broad SMARTS) is 1. The molecule has 4 heterocycles. The van der Waals surface area contributed by atoms with Crippen LogP contribution in [0.3, 0.4) is 0 Å². The van der Waals surface area contributed by atoms with E-state index in [2.05, 4.69) is 10.3 Å². The van der Waals surface area contributed by atoms with Gasteiger partial charge < -0.3 is 29.4 Å². The number of morpholine rings is 1. The summed E-state index contributed by atoms with van der Waals surface area (Å²) in [7, 11) is 1.64. The molecule has 1 saturated heterocycles. The maximum Gasteiger partial charge on any atom is 0.411 e. The Morgan fingerprint density at radius 2 is 1.85 bits per heavy atom. The normalized spacial score (nSPS) is 17.0. The van der Waals surface area contributed by atoms with Gasteiger partial charge in [-0.2, -0.15) is 13.2 Å². The van der Waals surface area contributed by atoms with Crippen molar-refractivity contribution in [3.05, 3.63) is 87.5 Å². The van der Waals surface area contributed by atoms with E-state index >= 15 is 8.78 Å². The van der Waals surface area contributed by atoms with E-state index in [9.17, 15) is 32.7 Å². The first kappa shape index (κ1) is 32.9. The molecular weight excluding hydrogens is 643 g/mol. The monoisotopic (exact) mass is 672 g/mol. The Morgan fingerprint density at radius 3 is 2.56 bits per heavy atom. The summed E-state index contributed by atoms with van der Waals surface area (Å²) in [6, 6.07) is 4.08. The smallest absolute Gasteiger partial charge is 0.411 e. The first-order valence-electron chi connectivity index (χ1n) is 15.0. The van der Waals surface area contributed by atoms with Gasteiger partial charge in [0.15, 0.2) is 0 Å². The van der Waals surface area contributed by atoms with Gasteiger partial charge in [0.2, 0.25) is 0 Å². The Hall–Kier alpha value is -5.05. The fourth-order valence-corrected chi connectivity index (χ4v) is 6.23. The molecule has 0 spiro atoms. The fraction of sp³-hybridized carbons (Fsp3) is 0.333. The molecule has 2 N–H and O–H groups in total. The number of aryl methyl sites for hydroxylation is 1. The number of alkyl halides is 3. The number of hydrogen-bond acceptors (Lipinski definition) is 7. The summed E-state index contributed by atoms with van der Waals surface area (Å²) < 4.78 is 83.3. The summed E-state index contributed by atoms with van der Waals surface area (Å²) in [6.45, 7) is -0.790. The van der Waals surface area contributed by atoms with Crippen LogP contribution in [0.5, 0.6) is 5.75 Å². The molecule has 0 bridgehead atoms. The number of nitrogens with one attached hydrogen (secondary N) is 1. The number of hydrogen-bond donors (Lipinski definition) is 2. The molecule has 1 fully saturated rings. The summed E-state index contributed by atoms with van der Waals surface area (Å²) in [5, 5.41) is 12.9. The molecule has 0 aliphatic carbocycles. The zero-order valence-corrected chi connectivity index (χ0v) is 25.4. The van der Waals surface area contributed by atoms with Crippen LogP contribution in [0.15, 0.2) is 53.6 Å². The lowest BCUT2D eigenvalue weighted by atomic mass is 9.90. The van der Waals surface area contributed by atoms with Crippen LogP contribution in [0.4, 0.5) is 27.6 Å². The Bertz CT molecular complexity index is 1960. The molecule has 2 atom stereocenters. The number of benzene rings is 2. The lowest BCUT2D eigenvalue weighted by molar-refractivity contribution is -0.167. The lowest BCUT2D eigenvalue weighted by Crippen LogP contribution is -2.53. The number of rotatable bonds is 7. The highest BCUT2D eigenvalue weighted by atomic mass is 19.4. The fourth-order valence-electron chi connectivity index (χ4n) is 6.23. The van der Waals surface area contributed by atoms with Crippen molar-refractivity contribution in [2.75, 3.05) is 31.3 Å². The van der Waals surface area contributed by atoms with Gasteiger partial charge >= 0.3 is 12.1 Å². The van der Waals surface area contributed by atoms with Crippen LogP contribution >= 0.6 is 0 Å². The standard InChI is InChI=1S/C33H29F5N4O6/c1-41-26-6-7-39-15-18(26)11-22(31(41)44)21-5-4-17(20-3-2-9-48-29(20)21)12-25(32(45)46)40-30(43)28-23(34)13-19(14-24(28)35)42-8-10-47-16-27(42)33(36,37)38/h4-7,11,13-15,25,27H,2-3,8-10,12,16H2,1H3,(H,40,43)(H,45,46)/t25-,27+/m0/s1. The van der Waals surface area contributed by atoms with Gasteiger partial charge in [-0.05, 0) is 48.2 Å². The second-order valence-corrected chi connectivity index (χ2v) is 11.6. The van der Waals surface area contributed by atoms with Crippen LogP contribution in [0.25, 0.3) is 22.0 Å². The first-order valence-corrected chi connectivity index (χ1v) is 15.0. The Kier molecular flexibility index (Phi) is 8.81. The van der Waals surface area contributed by atoms with Gasteiger partial charge in [-0.3, -0.25) is 14.6 Å². The number of aromatic nitrogens is 2. The minimum atomic E-state index is -4.75. The SMILES string of the molecule is Cn1c(=O)c(-c2ccc(C[C@H](NC(=O)c3c(F)cc(N4CCOC[C@@H]4C(F)(F)F)cc3F)C(=O)O)c3c2OCCC3)cc2cnccc21. The third-order valence-corrected chi connectivity index (χ3v) is 8.61. The number of carboxylic acids is 1. The van der Waals surface area contributed by atoms with E-state index in [1.807, 2.05) is 0 Å². The number of fused-ring (bicyclic) bond motifs is 2. The summed E-state index contributed by atoms with van der Waals surface area (Å²) in [6.07, 6.45) is -0.776. The number of ether oxygens (including phenoxy) is 2. The summed E-state index contributed by atoms with van der Waals surface area (Å²) in [4.78, 5) is 43.6. The lowest BCUT2D eigenvalue weighted by Gasteiger charge is -2.38. The maximum absolute atomic E-state index is 15.2. The molecule has 1 amide bonds. The van der Waals surface area contributed by atoms with Crippen molar-refractivity contribution in [1.29, 1.82) is 0 Å². The number of carbonyl (C=O) groups is 2. The number of anilines is 1. The van der Waals surface area contributed by atoms with Crippen molar-refractivity contribution >= 4 is 28.5 Å². The van der Waals surface area contributed by atoms with E-state index in [-0.39, 0.29) is 25.1 Å². The van der Waals surface area contributed by atoms with Crippen molar-refractivity contribution in [2.45, 2.75) is 37.5 Å². The van der Waals surface area contributed by atoms with Gasteiger partial charge in [0.25, 0.3) is 11.5 Å². The molecule has 0 saturated carbocycles. The molecule has 48 heavy (non-hydrogen) atoms. The van der Waals surface area contributed by atoms with Gasteiger partial charge in [-0.25, -0.2) is 13.6 Å². The topological polar surface area (TPSA) is 123 Å². The molecule has 6 rings (SSSR count). The predicted octanol–water partition coefficient (Wildman–Crippen LogP) is 4.40. The van der Waals surface area contributed by atoms with E-state index in [0.717, 1.165) is 10.3 Å². The molecule has 2 aliphatic rings. The van der Waals surface area contributed by atoms with E-state index in [4.69, 9.17) is 9.47 Å².